The van der Waals surface area contributed by atoms with Crippen molar-refractivity contribution in [3.05, 3.63) is 42.1 Å². The van der Waals surface area contributed by atoms with Crippen LogP contribution in [0.4, 0.5) is 17.5 Å². The summed E-state index contributed by atoms with van der Waals surface area (Å²) in [4.78, 5) is 23.6. The Bertz CT molecular complexity index is 1030. The minimum Gasteiger partial charge on any atom is -0.378 e. The average molecular weight is 461 g/mol. The van der Waals surface area contributed by atoms with Gasteiger partial charge >= 0.3 is 0 Å². The van der Waals surface area contributed by atoms with Gasteiger partial charge in [0.15, 0.2) is 0 Å². The summed E-state index contributed by atoms with van der Waals surface area (Å²) in [6.45, 7) is 3.72. The first-order valence-electron chi connectivity index (χ1n) is 10.7. The van der Waals surface area contributed by atoms with Crippen LogP contribution in [0.5, 0.6) is 0 Å². The van der Waals surface area contributed by atoms with Crippen LogP contribution in [0.25, 0.3) is 0 Å². The maximum atomic E-state index is 12.6. The fourth-order valence-corrected chi connectivity index (χ4v) is 4.66. The number of rotatable bonds is 6. The molecular weight excluding hydrogens is 432 g/mol. The lowest BCUT2D eigenvalue weighted by atomic mass is 10.1. The van der Waals surface area contributed by atoms with Crippen molar-refractivity contribution in [1.82, 2.24) is 19.6 Å². The van der Waals surface area contributed by atoms with E-state index < -0.39 is 10.0 Å². The zero-order valence-corrected chi connectivity index (χ0v) is 18.8. The molecule has 0 radical (unpaired) electrons. The Morgan fingerprint density at radius 1 is 1.06 bits per heavy atom. The van der Waals surface area contributed by atoms with Crippen molar-refractivity contribution >= 4 is 33.4 Å². The second-order valence-electron chi connectivity index (χ2n) is 7.95. The lowest BCUT2D eigenvalue weighted by Crippen LogP contribution is -2.46. The van der Waals surface area contributed by atoms with E-state index in [1.165, 1.54) is 10.6 Å². The Kier molecular flexibility index (Phi) is 6.87. The molecule has 2 saturated heterocycles. The number of morpholine rings is 1. The van der Waals surface area contributed by atoms with Gasteiger partial charge in [0.2, 0.25) is 16.0 Å². The fourth-order valence-electron chi connectivity index (χ4n) is 3.79. The van der Waals surface area contributed by atoms with Gasteiger partial charge in [-0.15, -0.1) is 0 Å². The fraction of sp³-hybridized carbons (Fsp3) is 0.476. The third kappa shape index (κ3) is 5.72. The second-order valence-corrected chi connectivity index (χ2v) is 9.94. The van der Waals surface area contributed by atoms with E-state index in [9.17, 15) is 13.2 Å². The summed E-state index contributed by atoms with van der Waals surface area (Å²) >= 11 is 0. The van der Waals surface area contributed by atoms with Crippen LogP contribution in [0, 0.1) is 0 Å². The van der Waals surface area contributed by atoms with Gasteiger partial charge in [-0.05, 0) is 43.2 Å². The zero-order chi connectivity index (χ0) is 22.6. The molecule has 2 aliphatic heterocycles. The highest BCUT2D eigenvalue weighted by Gasteiger charge is 2.26. The number of sulfonamides is 1. The SMILES string of the molecule is CS(=O)(=O)N1CCC(NC(=O)c2ccc(Nc3ccnc(N4CCOCC4)n3)cc2)CC1. The normalized spacial score (nSPS) is 18.3. The third-order valence-corrected chi connectivity index (χ3v) is 6.92. The van der Waals surface area contributed by atoms with Crippen LogP contribution in [-0.2, 0) is 14.8 Å². The number of amides is 1. The summed E-state index contributed by atoms with van der Waals surface area (Å²) in [5.41, 5.74) is 1.37. The summed E-state index contributed by atoms with van der Waals surface area (Å²) in [5, 5.41) is 6.25. The number of carbonyl (C=O) groups is 1. The van der Waals surface area contributed by atoms with Gasteiger partial charge in [-0.3, -0.25) is 4.79 Å². The molecule has 32 heavy (non-hydrogen) atoms. The molecule has 1 aromatic carbocycles. The highest BCUT2D eigenvalue weighted by Crippen LogP contribution is 2.19. The topological polar surface area (TPSA) is 117 Å². The molecule has 4 rings (SSSR count). The number of ether oxygens (including phenoxy) is 1. The molecule has 1 amide bonds. The third-order valence-electron chi connectivity index (χ3n) is 5.61. The number of nitrogens with one attached hydrogen (secondary N) is 2. The minimum absolute atomic E-state index is 0.0297. The predicted octanol–water partition coefficient (Wildman–Crippen LogP) is 1.21. The molecule has 0 saturated carbocycles. The molecule has 2 fully saturated rings. The number of carbonyl (C=O) groups excluding carboxylic acids is 1. The number of aromatic nitrogens is 2. The van der Waals surface area contributed by atoms with Gasteiger partial charge in [0.25, 0.3) is 5.91 Å². The number of hydrogen-bond acceptors (Lipinski definition) is 8. The van der Waals surface area contributed by atoms with Gasteiger partial charge in [-0.2, -0.15) is 4.98 Å². The van der Waals surface area contributed by atoms with Crippen LogP contribution in [-0.4, -0.2) is 80.3 Å². The smallest absolute Gasteiger partial charge is 0.251 e. The lowest BCUT2D eigenvalue weighted by molar-refractivity contribution is 0.0924. The standard InChI is InChI=1S/C21H28N6O4S/c1-32(29,30)27-10-7-18(8-11-27)24-20(28)16-2-4-17(5-3-16)23-19-6-9-22-21(25-19)26-12-14-31-15-13-26/h2-6,9,18H,7-8,10-15H2,1H3,(H,24,28)(H,22,23,25). The Balaban J connectivity index is 1.32. The molecule has 0 aliphatic carbocycles. The Morgan fingerprint density at radius 3 is 2.41 bits per heavy atom. The van der Waals surface area contributed by atoms with E-state index in [-0.39, 0.29) is 11.9 Å². The first-order chi connectivity index (χ1) is 15.4. The van der Waals surface area contributed by atoms with Gasteiger partial charge in [0, 0.05) is 49.7 Å². The number of hydrogen-bond donors (Lipinski definition) is 2. The van der Waals surface area contributed by atoms with Crippen LogP contribution >= 0.6 is 0 Å². The van der Waals surface area contributed by atoms with E-state index in [1.807, 2.05) is 12.1 Å². The molecule has 2 aliphatic rings. The Hall–Kier alpha value is -2.76. The van der Waals surface area contributed by atoms with Crippen molar-refractivity contribution in [2.45, 2.75) is 18.9 Å². The van der Waals surface area contributed by atoms with Gasteiger partial charge < -0.3 is 20.3 Å². The van der Waals surface area contributed by atoms with Gasteiger partial charge in [0.1, 0.15) is 5.82 Å². The molecule has 10 nitrogen and oxygen atoms in total. The molecule has 0 unspecified atom stereocenters. The van der Waals surface area contributed by atoms with Gasteiger partial charge in [-0.1, -0.05) is 0 Å². The number of benzene rings is 1. The first-order valence-corrected chi connectivity index (χ1v) is 12.5. The molecule has 172 valence electrons. The zero-order valence-electron chi connectivity index (χ0n) is 18.0. The minimum atomic E-state index is -3.17. The van der Waals surface area contributed by atoms with Gasteiger partial charge in [-0.25, -0.2) is 17.7 Å². The van der Waals surface area contributed by atoms with E-state index in [2.05, 4.69) is 25.5 Å². The van der Waals surface area contributed by atoms with E-state index >= 15 is 0 Å². The van der Waals surface area contributed by atoms with Crippen LogP contribution < -0.4 is 15.5 Å². The second kappa shape index (κ2) is 9.80. The highest BCUT2D eigenvalue weighted by molar-refractivity contribution is 7.88. The summed E-state index contributed by atoms with van der Waals surface area (Å²) in [5.74, 6) is 1.18. The number of piperidine rings is 1. The largest absolute Gasteiger partial charge is 0.378 e. The number of nitrogens with zero attached hydrogens (tertiary/aromatic N) is 4. The summed E-state index contributed by atoms with van der Waals surface area (Å²) < 4.78 is 30.1. The summed E-state index contributed by atoms with van der Waals surface area (Å²) in [6.07, 6.45) is 4.15. The molecule has 11 heteroatoms. The maximum Gasteiger partial charge on any atom is 0.251 e. The number of anilines is 3. The maximum absolute atomic E-state index is 12.6. The Morgan fingerprint density at radius 2 is 1.75 bits per heavy atom. The molecule has 2 N–H and O–H groups in total. The van der Waals surface area contributed by atoms with Gasteiger partial charge in [0.05, 0.1) is 19.5 Å². The highest BCUT2D eigenvalue weighted by atomic mass is 32.2. The van der Waals surface area contributed by atoms with Crippen molar-refractivity contribution < 1.29 is 17.9 Å². The van der Waals surface area contributed by atoms with Crippen molar-refractivity contribution in [3.63, 3.8) is 0 Å². The van der Waals surface area contributed by atoms with E-state index in [1.54, 1.807) is 24.4 Å². The van der Waals surface area contributed by atoms with Crippen LogP contribution in [0.2, 0.25) is 0 Å². The van der Waals surface area contributed by atoms with Crippen molar-refractivity contribution in [2.75, 3.05) is 55.9 Å². The molecule has 1 aromatic heterocycles. The van der Waals surface area contributed by atoms with Crippen LogP contribution in [0.15, 0.2) is 36.5 Å². The molecule has 0 atom stereocenters. The van der Waals surface area contributed by atoms with Crippen LogP contribution in [0.1, 0.15) is 23.2 Å². The van der Waals surface area contributed by atoms with Crippen LogP contribution in [0.3, 0.4) is 0 Å². The quantitative estimate of drug-likeness (QED) is 0.661. The predicted molar refractivity (Wildman–Crippen MR) is 122 cm³/mol. The monoisotopic (exact) mass is 460 g/mol. The average Bonchev–Trinajstić information content (AvgIpc) is 2.80. The lowest BCUT2D eigenvalue weighted by Gasteiger charge is -2.30. The molecule has 0 bridgehead atoms. The van der Waals surface area contributed by atoms with E-state index in [0.717, 1.165) is 18.8 Å². The summed E-state index contributed by atoms with van der Waals surface area (Å²) in [6, 6.07) is 8.95. The molecule has 3 heterocycles. The first kappa shape index (κ1) is 22.4. The molecule has 2 aromatic rings. The van der Waals surface area contributed by atoms with Crippen molar-refractivity contribution in [3.8, 4) is 0 Å². The van der Waals surface area contributed by atoms with Crippen molar-refractivity contribution in [2.24, 2.45) is 0 Å². The van der Waals surface area contributed by atoms with E-state index in [4.69, 9.17) is 4.74 Å². The molecule has 0 spiro atoms. The molecular formula is C21H28N6O4S. The van der Waals surface area contributed by atoms with E-state index in [0.29, 0.717) is 56.5 Å². The van der Waals surface area contributed by atoms with Crippen molar-refractivity contribution in [1.29, 1.82) is 0 Å². The summed E-state index contributed by atoms with van der Waals surface area (Å²) in [7, 11) is -3.17. The Labute approximate surface area is 188 Å².